The second-order valence-electron chi connectivity index (χ2n) is 5.05. The molecule has 0 radical (unpaired) electrons. The van der Waals surface area contributed by atoms with E-state index < -0.39 is 0 Å². The number of amides is 2. The number of hydrogen-bond acceptors (Lipinski definition) is 3. The Balaban J connectivity index is 2.03. The summed E-state index contributed by atoms with van der Waals surface area (Å²) in [5, 5.41) is 0. The third-order valence-corrected chi connectivity index (χ3v) is 3.67. The van der Waals surface area contributed by atoms with Crippen LogP contribution in [0.2, 0.25) is 0 Å². The van der Waals surface area contributed by atoms with Crippen LogP contribution in [-0.2, 0) is 11.3 Å². The molecule has 2 N–H and O–H groups in total. The molecule has 0 atom stereocenters. The zero-order valence-electron chi connectivity index (χ0n) is 11.8. The molecular formula is C15H21N3O2. The Kier molecular flexibility index (Phi) is 4.74. The molecule has 1 aromatic rings. The summed E-state index contributed by atoms with van der Waals surface area (Å²) in [6.45, 7) is 4.68. The van der Waals surface area contributed by atoms with Gasteiger partial charge in [0.2, 0.25) is 5.91 Å². The molecule has 0 bridgehead atoms. The molecule has 1 aromatic carbocycles. The van der Waals surface area contributed by atoms with Gasteiger partial charge in [0.05, 0.1) is 0 Å². The molecule has 0 spiro atoms. The van der Waals surface area contributed by atoms with Crippen LogP contribution in [0.25, 0.3) is 0 Å². The topological polar surface area (TPSA) is 66.6 Å². The van der Waals surface area contributed by atoms with Gasteiger partial charge in [-0.25, -0.2) is 0 Å². The Morgan fingerprint density at radius 2 is 1.65 bits per heavy atom. The average molecular weight is 275 g/mol. The smallest absolute Gasteiger partial charge is 0.253 e. The van der Waals surface area contributed by atoms with Crippen LogP contribution in [0.1, 0.15) is 29.3 Å². The molecule has 1 aliphatic heterocycles. The lowest BCUT2D eigenvalue weighted by Gasteiger charge is -2.21. The van der Waals surface area contributed by atoms with E-state index in [0.29, 0.717) is 31.7 Å². The lowest BCUT2D eigenvalue weighted by atomic mass is 10.1. The summed E-state index contributed by atoms with van der Waals surface area (Å²) >= 11 is 0. The van der Waals surface area contributed by atoms with E-state index in [1.54, 1.807) is 11.8 Å². The first-order valence-corrected chi connectivity index (χ1v) is 6.95. The molecule has 0 aliphatic carbocycles. The van der Waals surface area contributed by atoms with Crippen molar-refractivity contribution in [3.8, 4) is 0 Å². The summed E-state index contributed by atoms with van der Waals surface area (Å²) in [6, 6.07) is 7.40. The largest absolute Gasteiger partial charge is 0.341 e. The van der Waals surface area contributed by atoms with Gasteiger partial charge in [0.1, 0.15) is 0 Å². The fourth-order valence-electron chi connectivity index (χ4n) is 2.40. The number of rotatable bonds is 2. The molecule has 2 amide bonds. The van der Waals surface area contributed by atoms with Gasteiger partial charge < -0.3 is 15.5 Å². The van der Waals surface area contributed by atoms with Gasteiger partial charge in [-0.15, -0.1) is 0 Å². The maximum absolute atomic E-state index is 12.4. The highest BCUT2D eigenvalue weighted by Gasteiger charge is 2.21. The van der Waals surface area contributed by atoms with Crippen LogP contribution in [0.4, 0.5) is 0 Å². The Labute approximate surface area is 119 Å². The fourth-order valence-corrected chi connectivity index (χ4v) is 2.40. The molecule has 1 heterocycles. The highest BCUT2D eigenvalue weighted by Crippen LogP contribution is 2.10. The van der Waals surface area contributed by atoms with E-state index in [1.807, 2.05) is 29.2 Å². The van der Waals surface area contributed by atoms with Gasteiger partial charge in [-0.2, -0.15) is 0 Å². The quantitative estimate of drug-likeness (QED) is 0.869. The Morgan fingerprint density at radius 1 is 1.05 bits per heavy atom. The Hall–Kier alpha value is -1.88. The summed E-state index contributed by atoms with van der Waals surface area (Å²) in [7, 11) is 0. The molecule has 0 aromatic heterocycles. The molecule has 108 valence electrons. The summed E-state index contributed by atoms with van der Waals surface area (Å²) in [6.07, 6.45) is 0.826. The van der Waals surface area contributed by atoms with E-state index in [-0.39, 0.29) is 11.8 Å². The van der Waals surface area contributed by atoms with Gasteiger partial charge in [-0.3, -0.25) is 9.59 Å². The Morgan fingerprint density at radius 3 is 2.25 bits per heavy atom. The van der Waals surface area contributed by atoms with E-state index in [2.05, 4.69) is 0 Å². The SMILES string of the molecule is CC(=O)N1CCCN(C(=O)c2ccc(CN)cc2)CC1. The van der Waals surface area contributed by atoms with Crippen LogP contribution in [0.15, 0.2) is 24.3 Å². The zero-order chi connectivity index (χ0) is 14.5. The highest BCUT2D eigenvalue weighted by atomic mass is 16.2. The van der Waals surface area contributed by atoms with Gasteiger partial charge in [0.25, 0.3) is 5.91 Å². The van der Waals surface area contributed by atoms with Gasteiger partial charge >= 0.3 is 0 Å². The van der Waals surface area contributed by atoms with Crippen molar-refractivity contribution < 1.29 is 9.59 Å². The van der Waals surface area contributed by atoms with Crippen molar-refractivity contribution in [3.05, 3.63) is 35.4 Å². The second kappa shape index (κ2) is 6.52. The van der Waals surface area contributed by atoms with E-state index in [0.717, 1.165) is 18.5 Å². The van der Waals surface area contributed by atoms with Crippen LogP contribution < -0.4 is 5.73 Å². The van der Waals surface area contributed by atoms with Crippen molar-refractivity contribution >= 4 is 11.8 Å². The second-order valence-corrected chi connectivity index (χ2v) is 5.05. The van der Waals surface area contributed by atoms with Crippen LogP contribution >= 0.6 is 0 Å². The number of carbonyl (C=O) groups is 2. The van der Waals surface area contributed by atoms with Gasteiger partial charge in [-0.05, 0) is 24.1 Å². The molecule has 0 unspecified atom stereocenters. The predicted octanol–water partition coefficient (Wildman–Crippen LogP) is 0.840. The lowest BCUT2D eigenvalue weighted by Crippen LogP contribution is -2.36. The van der Waals surface area contributed by atoms with Gasteiger partial charge in [0.15, 0.2) is 0 Å². The van der Waals surface area contributed by atoms with Gasteiger partial charge in [-0.1, -0.05) is 12.1 Å². The molecule has 1 fully saturated rings. The molecule has 20 heavy (non-hydrogen) atoms. The lowest BCUT2D eigenvalue weighted by molar-refractivity contribution is -0.128. The molecule has 1 saturated heterocycles. The highest BCUT2D eigenvalue weighted by molar-refractivity contribution is 5.94. The standard InChI is InChI=1S/C15H21N3O2/c1-12(19)17-7-2-8-18(10-9-17)15(20)14-5-3-13(11-16)4-6-14/h3-6H,2,7-11,16H2,1H3. The van der Waals surface area contributed by atoms with Crippen molar-refractivity contribution in [1.82, 2.24) is 9.80 Å². The van der Waals surface area contributed by atoms with Crippen molar-refractivity contribution in [2.45, 2.75) is 19.9 Å². The van der Waals surface area contributed by atoms with Crippen LogP contribution in [0.5, 0.6) is 0 Å². The third-order valence-electron chi connectivity index (χ3n) is 3.67. The monoisotopic (exact) mass is 275 g/mol. The third kappa shape index (κ3) is 3.36. The summed E-state index contributed by atoms with van der Waals surface area (Å²) < 4.78 is 0. The minimum Gasteiger partial charge on any atom is -0.341 e. The van der Waals surface area contributed by atoms with Crippen molar-refractivity contribution in [2.75, 3.05) is 26.2 Å². The minimum atomic E-state index is 0.0268. The minimum absolute atomic E-state index is 0.0268. The first-order valence-electron chi connectivity index (χ1n) is 6.95. The van der Waals surface area contributed by atoms with Crippen LogP contribution in [0.3, 0.4) is 0 Å². The van der Waals surface area contributed by atoms with Crippen molar-refractivity contribution in [1.29, 1.82) is 0 Å². The van der Waals surface area contributed by atoms with E-state index in [9.17, 15) is 9.59 Å². The molecule has 1 aliphatic rings. The number of benzene rings is 1. The molecule has 0 saturated carbocycles. The first-order chi connectivity index (χ1) is 9.61. The van der Waals surface area contributed by atoms with Crippen molar-refractivity contribution in [2.24, 2.45) is 5.73 Å². The summed E-state index contributed by atoms with van der Waals surface area (Å²) in [5.74, 6) is 0.102. The Bertz CT molecular complexity index is 484. The van der Waals surface area contributed by atoms with E-state index >= 15 is 0 Å². The fraction of sp³-hybridized carbons (Fsp3) is 0.467. The van der Waals surface area contributed by atoms with E-state index in [4.69, 9.17) is 5.73 Å². The van der Waals surface area contributed by atoms with Crippen LogP contribution in [-0.4, -0.2) is 47.8 Å². The number of hydrogen-bond donors (Lipinski definition) is 1. The molecular weight excluding hydrogens is 254 g/mol. The molecule has 5 nitrogen and oxygen atoms in total. The van der Waals surface area contributed by atoms with Crippen LogP contribution in [0, 0.1) is 0 Å². The summed E-state index contributed by atoms with van der Waals surface area (Å²) in [5.41, 5.74) is 7.24. The van der Waals surface area contributed by atoms with Crippen molar-refractivity contribution in [3.63, 3.8) is 0 Å². The number of nitrogens with zero attached hydrogens (tertiary/aromatic N) is 2. The maximum atomic E-state index is 12.4. The maximum Gasteiger partial charge on any atom is 0.253 e. The van der Waals surface area contributed by atoms with Gasteiger partial charge in [0, 0.05) is 45.2 Å². The normalized spacial score (nSPS) is 15.9. The summed E-state index contributed by atoms with van der Waals surface area (Å²) in [4.78, 5) is 27.4. The first kappa shape index (κ1) is 14.5. The zero-order valence-corrected chi connectivity index (χ0v) is 11.8. The number of carbonyl (C=O) groups excluding carboxylic acids is 2. The molecule has 2 rings (SSSR count). The number of nitrogens with two attached hydrogens (primary N) is 1. The predicted molar refractivity (Wildman–Crippen MR) is 77.1 cm³/mol. The average Bonchev–Trinajstić information content (AvgIpc) is 2.72. The van der Waals surface area contributed by atoms with E-state index in [1.165, 1.54) is 0 Å². The molecule has 5 heteroatoms.